The van der Waals surface area contributed by atoms with Gasteiger partial charge >= 0.3 is 10.1 Å². The molecule has 0 radical (unpaired) electrons. The van der Waals surface area contributed by atoms with Gasteiger partial charge in [0.1, 0.15) is 0 Å². The Morgan fingerprint density at radius 2 is 1.03 bits per heavy atom. The molecule has 0 spiro atoms. The molecule has 204 valence electrons. The molecule has 8 nitrogen and oxygen atoms in total. The summed E-state index contributed by atoms with van der Waals surface area (Å²) in [6.45, 7) is 5.41. The lowest BCUT2D eigenvalue weighted by Gasteiger charge is -2.37. The second kappa shape index (κ2) is 10.9. The second-order valence-electron chi connectivity index (χ2n) is 9.66. The minimum atomic E-state index is -4.61. The van der Waals surface area contributed by atoms with Crippen molar-refractivity contribution in [1.82, 2.24) is 4.47 Å². The summed E-state index contributed by atoms with van der Waals surface area (Å²) in [7, 11) is -13.2. The van der Waals surface area contributed by atoms with Gasteiger partial charge in [-0.1, -0.05) is 70.4 Å². The molecule has 0 aromatic heterocycles. The highest BCUT2D eigenvalue weighted by Crippen LogP contribution is 2.36. The van der Waals surface area contributed by atoms with Gasteiger partial charge in [0.25, 0.3) is 10.0 Å². The Labute approximate surface area is 225 Å². The van der Waals surface area contributed by atoms with Crippen molar-refractivity contribution in [2.24, 2.45) is 0 Å². The highest BCUT2D eigenvalue weighted by molar-refractivity contribution is 7.92. The van der Waals surface area contributed by atoms with Crippen molar-refractivity contribution in [3.05, 3.63) is 89.5 Å². The van der Waals surface area contributed by atoms with Crippen LogP contribution in [0.15, 0.2) is 87.5 Å². The lowest BCUT2D eigenvalue weighted by molar-refractivity contribution is -0.00860. The summed E-state index contributed by atoms with van der Waals surface area (Å²) in [4.78, 5) is -0.380. The molecule has 0 N–H and O–H groups in total. The Bertz CT molecular complexity index is 1600. The standard InChI is InChI=1S/C27H31NO7S3/c1-20-8-14-23(15-9-20)36(29,30)27-7-5-4-6-26(27)28(37(31,32)24-16-10-21(2)11-17-24)35-38(33,34)25-18-12-22(3)13-19-25/h8-19,26-27H,4-7H2,1-3H3/t26-,27-/m1/s1. The van der Waals surface area contributed by atoms with E-state index in [1.165, 1.54) is 36.4 Å². The maximum Gasteiger partial charge on any atom is 0.314 e. The molecule has 0 heterocycles. The number of hydrogen-bond donors (Lipinski definition) is 0. The summed E-state index contributed by atoms with van der Waals surface area (Å²) in [6.07, 6.45) is 1.34. The van der Waals surface area contributed by atoms with E-state index in [-0.39, 0.29) is 27.5 Å². The van der Waals surface area contributed by atoms with Crippen molar-refractivity contribution < 1.29 is 29.5 Å². The molecule has 0 bridgehead atoms. The fourth-order valence-electron chi connectivity index (χ4n) is 4.52. The number of sulfone groups is 1. The van der Waals surface area contributed by atoms with Crippen LogP contribution < -0.4 is 0 Å². The number of sulfonamides is 1. The maximum absolute atomic E-state index is 13.9. The molecule has 3 aromatic carbocycles. The van der Waals surface area contributed by atoms with E-state index in [1.807, 2.05) is 6.92 Å². The summed E-state index contributed by atoms with van der Waals surface area (Å²) >= 11 is 0. The second-order valence-corrected chi connectivity index (χ2v) is 15.1. The Morgan fingerprint density at radius 3 is 1.53 bits per heavy atom. The SMILES string of the molecule is Cc1ccc(S(=O)(=O)ON([C@@H]2CCCC[C@H]2S(=O)(=O)c2ccc(C)cc2)S(=O)(=O)c2ccc(C)cc2)cc1. The van der Waals surface area contributed by atoms with Crippen LogP contribution in [0, 0.1) is 20.8 Å². The highest BCUT2D eigenvalue weighted by atomic mass is 32.2. The Hall–Kier alpha value is -2.57. The smallest absolute Gasteiger partial charge is 0.223 e. The van der Waals surface area contributed by atoms with Gasteiger partial charge in [0.2, 0.25) is 0 Å². The zero-order valence-electron chi connectivity index (χ0n) is 21.4. The average Bonchev–Trinajstić information content (AvgIpc) is 2.88. The Morgan fingerprint density at radius 1 is 0.605 bits per heavy atom. The third kappa shape index (κ3) is 5.86. The molecule has 11 heteroatoms. The lowest BCUT2D eigenvalue weighted by Crippen LogP contribution is -2.51. The lowest BCUT2D eigenvalue weighted by atomic mass is 9.95. The number of nitrogens with zero attached hydrogens (tertiary/aromatic N) is 1. The highest BCUT2D eigenvalue weighted by Gasteiger charge is 2.47. The first-order valence-corrected chi connectivity index (χ1v) is 16.6. The summed E-state index contributed by atoms with van der Waals surface area (Å²) in [5.74, 6) is 0. The summed E-state index contributed by atoms with van der Waals surface area (Å²) in [6, 6.07) is 16.7. The van der Waals surface area contributed by atoms with Crippen LogP contribution in [0.4, 0.5) is 0 Å². The van der Waals surface area contributed by atoms with Crippen LogP contribution in [0.1, 0.15) is 42.4 Å². The molecule has 0 aliphatic heterocycles. The van der Waals surface area contributed by atoms with Crippen LogP contribution in [-0.2, 0) is 34.3 Å². The van der Waals surface area contributed by atoms with Crippen molar-refractivity contribution in [3.63, 3.8) is 0 Å². The molecule has 4 rings (SSSR count). The molecule has 0 saturated heterocycles. The zero-order chi connectivity index (χ0) is 27.7. The molecule has 1 aliphatic rings. The van der Waals surface area contributed by atoms with E-state index in [4.69, 9.17) is 4.28 Å². The maximum atomic E-state index is 13.9. The number of benzene rings is 3. The molecule has 1 fully saturated rings. The van der Waals surface area contributed by atoms with Crippen molar-refractivity contribution in [3.8, 4) is 0 Å². The first-order chi connectivity index (χ1) is 17.8. The molecule has 2 atom stereocenters. The van der Waals surface area contributed by atoms with Crippen molar-refractivity contribution >= 4 is 30.0 Å². The van der Waals surface area contributed by atoms with Gasteiger partial charge in [0.15, 0.2) is 9.84 Å². The van der Waals surface area contributed by atoms with Gasteiger partial charge in [0, 0.05) is 0 Å². The van der Waals surface area contributed by atoms with Gasteiger partial charge in [-0.25, -0.2) is 16.8 Å². The van der Waals surface area contributed by atoms with Gasteiger partial charge < -0.3 is 0 Å². The fraction of sp³-hybridized carbons (Fsp3) is 0.333. The predicted molar refractivity (Wildman–Crippen MR) is 144 cm³/mol. The Kier molecular flexibility index (Phi) is 8.15. The third-order valence-corrected chi connectivity index (χ3v) is 12.0. The van der Waals surface area contributed by atoms with Gasteiger partial charge in [-0.3, -0.25) is 0 Å². The predicted octanol–water partition coefficient (Wildman–Crippen LogP) is 4.71. The molecule has 1 saturated carbocycles. The summed E-state index contributed by atoms with van der Waals surface area (Å²) in [5.41, 5.74) is 2.49. The van der Waals surface area contributed by atoms with Gasteiger partial charge in [-0.2, -0.15) is 12.7 Å². The quantitative estimate of drug-likeness (QED) is 0.356. The summed E-state index contributed by atoms with van der Waals surface area (Å²) in [5, 5.41) is -1.20. The van der Waals surface area contributed by atoms with E-state index >= 15 is 0 Å². The van der Waals surface area contributed by atoms with Crippen LogP contribution in [0.2, 0.25) is 0 Å². The molecule has 0 amide bonds. The fourth-order valence-corrected chi connectivity index (χ4v) is 9.31. The summed E-state index contributed by atoms with van der Waals surface area (Å²) < 4.78 is 87.8. The van der Waals surface area contributed by atoms with Crippen LogP contribution in [-0.4, -0.2) is 41.0 Å². The molecule has 3 aromatic rings. The molecular formula is C27H31NO7S3. The van der Waals surface area contributed by atoms with E-state index in [2.05, 4.69) is 0 Å². The van der Waals surface area contributed by atoms with E-state index in [1.54, 1.807) is 50.2 Å². The topological polar surface area (TPSA) is 115 Å². The van der Waals surface area contributed by atoms with Crippen molar-refractivity contribution in [2.75, 3.05) is 0 Å². The van der Waals surface area contributed by atoms with Crippen LogP contribution in [0.5, 0.6) is 0 Å². The number of aryl methyl sites for hydroxylation is 3. The monoisotopic (exact) mass is 577 g/mol. The minimum Gasteiger partial charge on any atom is -0.223 e. The molecule has 1 aliphatic carbocycles. The minimum absolute atomic E-state index is 0.0501. The molecule has 38 heavy (non-hydrogen) atoms. The van der Waals surface area contributed by atoms with Gasteiger partial charge in [-0.05, 0) is 70.0 Å². The number of rotatable bonds is 8. The van der Waals surface area contributed by atoms with E-state index < -0.39 is 41.3 Å². The van der Waals surface area contributed by atoms with E-state index in [0.29, 0.717) is 17.3 Å². The van der Waals surface area contributed by atoms with Crippen LogP contribution in [0.3, 0.4) is 0 Å². The van der Waals surface area contributed by atoms with Crippen LogP contribution in [0.25, 0.3) is 0 Å². The molecule has 0 unspecified atom stereocenters. The number of hydrogen-bond acceptors (Lipinski definition) is 7. The van der Waals surface area contributed by atoms with Gasteiger partial charge in [0.05, 0.1) is 26.0 Å². The van der Waals surface area contributed by atoms with E-state index in [9.17, 15) is 25.3 Å². The van der Waals surface area contributed by atoms with Crippen LogP contribution >= 0.6 is 0 Å². The van der Waals surface area contributed by atoms with Gasteiger partial charge in [-0.15, -0.1) is 0 Å². The third-order valence-electron chi connectivity index (χ3n) is 6.72. The van der Waals surface area contributed by atoms with Crippen molar-refractivity contribution in [2.45, 2.75) is 72.4 Å². The molecular weight excluding hydrogens is 546 g/mol. The van der Waals surface area contributed by atoms with Crippen molar-refractivity contribution in [1.29, 1.82) is 0 Å². The first-order valence-electron chi connectivity index (χ1n) is 12.3. The zero-order valence-corrected chi connectivity index (χ0v) is 23.9. The normalized spacial score (nSPS) is 18.9. The largest absolute Gasteiger partial charge is 0.314 e. The average molecular weight is 578 g/mol. The number of hydroxylamine groups is 1. The Balaban J connectivity index is 1.83. The van der Waals surface area contributed by atoms with E-state index in [0.717, 1.165) is 16.7 Å². The first kappa shape index (κ1) is 28.4.